The van der Waals surface area contributed by atoms with E-state index in [1.54, 1.807) is 29.0 Å². The van der Waals surface area contributed by atoms with Crippen LogP contribution in [0, 0.1) is 24.5 Å². The molecule has 0 spiro atoms. The predicted octanol–water partition coefficient (Wildman–Crippen LogP) is 10.2. The summed E-state index contributed by atoms with van der Waals surface area (Å²) in [5.41, 5.74) is 6.53. The van der Waals surface area contributed by atoms with Gasteiger partial charge in [0.1, 0.15) is 6.33 Å². The number of thiophene rings is 2. The van der Waals surface area contributed by atoms with Crippen LogP contribution in [0.3, 0.4) is 0 Å². The fourth-order valence-electron chi connectivity index (χ4n) is 4.94. The summed E-state index contributed by atoms with van der Waals surface area (Å²) in [7, 11) is 0. The van der Waals surface area contributed by atoms with Crippen LogP contribution < -0.4 is 4.74 Å². The molecule has 0 aliphatic rings. The zero-order valence-electron chi connectivity index (χ0n) is 24.9. The van der Waals surface area contributed by atoms with Crippen molar-refractivity contribution in [3.8, 4) is 33.3 Å². The van der Waals surface area contributed by atoms with Crippen molar-refractivity contribution in [3.05, 3.63) is 89.2 Å². The minimum absolute atomic E-state index is 0. The first-order valence-corrected chi connectivity index (χ1v) is 15.4. The van der Waals surface area contributed by atoms with E-state index in [1.165, 1.54) is 21.2 Å². The van der Waals surface area contributed by atoms with Gasteiger partial charge in [0.15, 0.2) is 0 Å². The van der Waals surface area contributed by atoms with Crippen molar-refractivity contribution >= 4 is 43.0 Å². The van der Waals surface area contributed by atoms with Gasteiger partial charge in [-0.2, -0.15) is 0 Å². The molecule has 42 heavy (non-hydrogen) atoms. The predicted molar refractivity (Wildman–Crippen MR) is 172 cm³/mol. The molecular formula is C35H33N3OPtS2. The quantitative estimate of drug-likeness (QED) is 0.164. The standard InChI is InChI=1S/C35H33N3OS2.Pt/c1-21-28(39-25-10-8-9-23(16-25)27-17-24(13-14-36-27)35(5,6)7)18-30(40-21)32-33-31(37-20-38-32)26-12-11-22(15-29(26)41-33)19-34(2,3)4;/h8-15,17,20H,19H2,1-7H3;/q-2;+2. The van der Waals surface area contributed by atoms with Crippen LogP contribution in [0.4, 0.5) is 0 Å². The maximum atomic E-state index is 6.34. The molecule has 0 saturated heterocycles. The zero-order valence-corrected chi connectivity index (χ0v) is 28.8. The van der Waals surface area contributed by atoms with Crippen molar-refractivity contribution in [2.24, 2.45) is 5.41 Å². The summed E-state index contributed by atoms with van der Waals surface area (Å²) in [5.74, 6) is 1.32. The Morgan fingerprint density at radius 1 is 0.881 bits per heavy atom. The van der Waals surface area contributed by atoms with E-state index in [0.29, 0.717) is 11.5 Å². The van der Waals surface area contributed by atoms with Gasteiger partial charge in [0, 0.05) is 38.2 Å². The summed E-state index contributed by atoms with van der Waals surface area (Å²) in [4.78, 5) is 15.9. The Hall–Kier alpha value is -2.92. The number of hydrogen-bond donors (Lipinski definition) is 0. The second-order valence-electron chi connectivity index (χ2n) is 12.7. The molecule has 7 heteroatoms. The van der Waals surface area contributed by atoms with Crippen LogP contribution in [0.5, 0.6) is 11.5 Å². The van der Waals surface area contributed by atoms with Crippen molar-refractivity contribution in [1.82, 2.24) is 15.0 Å². The number of rotatable bonds is 5. The van der Waals surface area contributed by atoms with E-state index in [1.807, 2.05) is 24.4 Å². The average molecular weight is 771 g/mol. The van der Waals surface area contributed by atoms with Gasteiger partial charge in [-0.25, -0.2) is 16.3 Å². The Bertz CT molecular complexity index is 1890. The topological polar surface area (TPSA) is 47.9 Å². The van der Waals surface area contributed by atoms with E-state index in [0.717, 1.165) is 43.3 Å². The molecule has 0 aliphatic heterocycles. The molecule has 0 radical (unpaired) electrons. The minimum Gasteiger partial charge on any atom is -0.502 e. The molecule has 2 aromatic carbocycles. The van der Waals surface area contributed by atoms with Gasteiger partial charge in [-0.05, 0) is 46.2 Å². The van der Waals surface area contributed by atoms with Gasteiger partial charge in [0.2, 0.25) is 0 Å². The van der Waals surface area contributed by atoms with Crippen LogP contribution >= 0.6 is 22.7 Å². The first kappa shape index (κ1) is 30.5. The van der Waals surface area contributed by atoms with Crippen LogP contribution in [-0.2, 0) is 32.9 Å². The van der Waals surface area contributed by atoms with Crippen LogP contribution in [-0.4, -0.2) is 15.0 Å². The Morgan fingerprint density at radius 3 is 2.45 bits per heavy atom. The van der Waals surface area contributed by atoms with Crippen LogP contribution in [0.25, 0.3) is 42.1 Å². The van der Waals surface area contributed by atoms with E-state index in [-0.39, 0.29) is 31.9 Å². The minimum atomic E-state index is 0. The fourth-order valence-corrected chi connectivity index (χ4v) is 7.10. The number of benzene rings is 2. The largest absolute Gasteiger partial charge is 2.00 e. The molecule has 0 fully saturated rings. The molecule has 4 aromatic heterocycles. The summed E-state index contributed by atoms with van der Waals surface area (Å²) in [6.07, 6.45) is 4.55. The molecule has 6 rings (SSSR count). The summed E-state index contributed by atoms with van der Waals surface area (Å²) in [5, 5.41) is 1.17. The molecule has 0 aliphatic carbocycles. The Labute approximate surface area is 270 Å². The molecule has 0 atom stereocenters. The summed E-state index contributed by atoms with van der Waals surface area (Å²) in [6, 6.07) is 23.8. The van der Waals surface area contributed by atoms with E-state index in [2.05, 4.69) is 101 Å². The van der Waals surface area contributed by atoms with Crippen LogP contribution in [0.2, 0.25) is 0 Å². The van der Waals surface area contributed by atoms with Gasteiger partial charge in [-0.1, -0.05) is 82.5 Å². The third-order valence-corrected chi connectivity index (χ3v) is 9.09. The van der Waals surface area contributed by atoms with Gasteiger partial charge in [-0.15, -0.1) is 41.2 Å². The molecule has 0 unspecified atom stereocenters. The smallest absolute Gasteiger partial charge is 0.502 e. The second kappa shape index (κ2) is 11.6. The van der Waals surface area contributed by atoms with Crippen molar-refractivity contribution in [1.29, 1.82) is 0 Å². The number of ether oxygens (including phenoxy) is 1. The maximum Gasteiger partial charge on any atom is 2.00 e. The number of hydrogen-bond acceptors (Lipinski definition) is 6. The normalized spacial score (nSPS) is 12.1. The van der Waals surface area contributed by atoms with Gasteiger partial charge >= 0.3 is 21.1 Å². The van der Waals surface area contributed by atoms with Crippen molar-refractivity contribution in [3.63, 3.8) is 0 Å². The number of fused-ring (bicyclic) bond motifs is 3. The molecule has 4 heterocycles. The third kappa shape index (κ3) is 6.36. The summed E-state index contributed by atoms with van der Waals surface area (Å²) < 4.78 is 8.66. The molecule has 0 saturated carbocycles. The Balaban J connectivity index is 0.00000353. The fraction of sp³-hybridized carbons (Fsp3) is 0.286. The van der Waals surface area contributed by atoms with E-state index in [4.69, 9.17) is 9.72 Å². The monoisotopic (exact) mass is 770 g/mol. The number of pyridine rings is 1. The SMILES string of the molecule is Cc1sc(-c2ncnc3c2sc2cc(CC(C)(C)C)ccc23)[c-]c1Oc1[c-]c(-c2cc(C(C)(C)C)ccn2)ccc1.[Pt+2]. The molecule has 0 N–H and O–H groups in total. The van der Waals surface area contributed by atoms with E-state index >= 15 is 0 Å². The van der Waals surface area contributed by atoms with Gasteiger partial charge in [-0.3, -0.25) is 4.98 Å². The van der Waals surface area contributed by atoms with Crippen LogP contribution in [0.1, 0.15) is 57.5 Å². The molecular weight excluding hydrogens is 738 g/mol. The van der Waals surface area contributed by atoms with Gasteiger partial charge in [0.25, 0.3) is 0 Å². The zero-order chi connectivity index (χ0) is 28.9. The Morgan fingerprint density at radius 2 is 1.69 bits per heavy atom. The molecule has 0 amide bonds. The van der Waals surface area contributed by atoms with Crippen molar-refractivity contribution in [2.75, 3.05) is 0 Å². The number of aryl methyl sites for hydroxylation is 1. The molecule has 216 valence electrons. The van der Waals surface area contributed by atoms with Crippen molar-refractivity contribution in [2.45, 2.75) is 60.3 Å². The molecule has 4 nitrogen and oxygen atoms in total. The Kier molecular flexibility index (Phi) is 8.46. The van der Waals surface area contributed by atoms with Crippen LogP contribution in [0.15, 0.2) is 61.1 Å². The van der Waals surface area contributed by atoms with Gasteiger partial charge < -0.3 is 9.72 Å². The second-order valence-corrected chi connectivity index (χ2v) is 15.0. The van der Waals surface area contributed by atoms with Crippen molar-refractivity contribution < 1.29 is 25.8 Å². The summed E-state index contributed by atoms with van der Waals surface area (Å²) >= 11 is 3.39. The average Bonchev–Trinajstić information content (AvgIpc) is 3.47. The molecule has 0 bridgehead atoms. The summed E-state index contributed by atoms with van der Waals surface area (Å²) in [6.45, 7) is 15.5. The number of aromatic nitrogens is 3. The van der Waals surface area contributed by atoms with E-state index in [9.17, 15) is 0 Å². The first-order valence-electron chi connectivity index (χ1n) is 13.8. The third-order valence-electron chi connectivity index (χ3n) is 6.95. The maximum absolute atomic E-state index is 6.34. The van der Waals surface area contributed by atoms with Gasteiger partial charge in [0.05, 0.1) is 5.52 Å². The number of nitrogens with zero attached hydrogens (tertiary/aromatic N) is 3. The van der Waals surface area contributed by atoms with E-state index < -0.39 is 0 Å². The molecule has 6 aromatic rings. The first-order chi connectivity index (χ1) is 19.4.